The van der Waals surface area contributed by atoms with Crippen LogP contribution in [0.15, 0.2) is 18.3 Å². The van der Waals surface area contributed by atoms with Crippen molar-refractivity contribution in [3.05, 3.63) is 35.3 Å². The summed E-state index contributed by atoms with van der Waals surface area (Å²) in [6.07, 6.45) is 8.69. The molecule has 0 radical (unpaired) electrons. The maximum atomic E-state index is 13.3. The van der Waals surface area contributed by atoms with E-state index in [0.29, 0.717) is 12.2 Å². The van der Waals surface area contributed by atoms with Crippen molar-refractivity contribution in [1.29, 1.82) is 0 Å². The molecular weight excluding hydrogens is 340 g/mol. The Bertz CT molecular complexity index is 808. The average molecular weight is 370 g/mol. The van der Waals surface area contributed by atoms with E-state index in [4.69, 9.17) is 4.98 Å². The summed E-state index contributed by atoms with van der Waals surface area (Å²) in [6.45, 7) is 5.49. The zero-order valence-corrected chi connectivity index (χ0v) is 16.2. The standard InChI is InChI=1S/C21H30N4O2/c1-16-8-12-25-18(14-24-11-6-7-17(24)15-26)20(22-19(25)13-16)21(27)23-9-4-2-3-5-10-23/h8,12-13,17,26H,2-7,9-11,14-15H2,1H3/t17-/m0/s1. The van der Waals surface area contributed by atoms with E-state index < -0.39 is 0 Å². The normalized spacial score (nSPS) is 21.7. The first-order valence-electron chi connectivity index (χ1n) is 10.3. The molecule has 4 heterocycles. The summed E-state index contributed by atoms with van der Waals surface area (Å²) in [5, 5.41) is 9.69. The zero-order valence-electron chi connectivity index (χ0n) is 16.2. The number of aliphatic hydroxyl groups is 1. The minimum absolute atomic E-state index is 0.0630. The number of amides is 1. The Morgan fingerprint density at radius 1 is 1.19 bits per heavy atom. The number of hydrogen-bond donors (Lipinski definition) is 1. The molecule has 2 aromatic rings. The van der Waals surface area contributed by atoms with Crippen LogP contribution in [0.3, 0.4) is 0 Å². The lowest BCUT2D eigenvalue weighted by atomic mass is 10.2. The number of nitrogens with zero attached hydrogens (tertiary/aromatic N) is 4. The third kappa shape index (κ3) is 3.73. The fraction of sp³-hybridized carbons (Fsp3) is 0.619. The zero-order chi connectivity index (χ0) is 18.8. The highest BCUT2D eigenvalue weighted by molar-refractivity contribution is 5.94. The Balaban J connectivity index is 1.70. The van der Waals surface area contributed by atoms with E-state index in [1.807, 2.05) is 24.1 Å². The molecule has 6 nitrogen and oxygen atoms in total. The molecular formula is C21H30N4O2. The molecule has 0 aromatic carbocycles. The molecule has 0 saturated carbocycles. The first-order valence-corrected chi connectivity index (χ1v) is 10.3. The van der Waals surface area contributed by atoms with E-state index in [0.717, 1.165) is 62.2 Å². The molecule has 6 heteroatoms. The Labute approximate surface area is 160 Å². The van der Waals surface area contributed by atoms with Crippen LogP contribution in [0.25, 0.3) is 5.65 Å². The number of hydrogen-bond acceptors (Lipinski definition) is 4. The van der Waals surface area contributed by atoms with Crippen molar-refractivity contribution in [1.82, 2.24) is 19.2 Å². The number of aryl methyl sites for hydroxylation is 1. The second-order valence-corrected chi connectivity index (χ2v) is 7.99. The quantitative estimate of drug-likeness (QED) is 0.899. The van der Waals surface area contributed by atoms with Crippen molar-refractivity contribution in [3.63, 3.8) is 0 Å². The lowest BCUT2D eigenvalue weighted by Gasteiger charge is -2.24. The van der Waals surface area contributed by atoms with Gasteiger partial charge in [0.2, 0.25) is 0 Å². The molecule has 1 amide bonds. The van der Waals surface area contributed by atoms with Gasteiger partial charge in [-0.1, -0.05) is 12.8 Å². The summed E-state index contributed by atoms with van der Waals surface area (Å²) in [4.78, 5) is 22.4. The molecule has 0 unspecified atom stereocenters. The van der Waals surface area contributed by atoms with Crippen LogP contribution in [0.2, 0.25) is 0 Å². The van der Waals surface area contributed by atoms with E-state index in [2.05, 4.69) is 15.4 Å². The van der Waals surface area contributed by atoms with E-state index in [-0.39, 0.29) is 18.6 Å². The van der Waals surface area contributed by atoms with Gasteiger partial charge in [0, 0.05) is 31.9 Å². The van der Waals surface area contributed by atoms with E-state index in [9.17, 15) is 9.90 Å². The lowest BCUT2D eigenvalue weighted by molar-refractivity contribution is 0.0753. The fourth-order valence-electron chi connectivity index (χ4n) is 4.45. The third-order valence-electron chi connectivity index (χ3n) is 6.04. The Hall–Kier alpha value is -1.92. The largest absolute Gasteiger partial charge is 0.395 e. The summed E-state index contributed by atoms with van der Waals surface area (Å²) >= 11 is 0. The first-order chi connectivity index (χ1) is 13.2. The number of aromatic nitrogens is 2. The average Bonchev–Trinajstić information content (AvgIpc) is 3.15. The minimum Gasteiger partial charge on any atom is -0.395 e. The summed E-state index contributed by atoms with van der Waals surface area (Å²) in [6, 6.07) is 4.28. The van der Waals surface area contributed by atoms with Crippen LogP contribution in [0.4, 0.5) is 0 Å². The van der Waals surface area contributed by atoms with Gasteiger partial charge in [0.1, 0.15) is 5.65 Å². The van der Waals surface area contributed by atoms with Crippen molar-refractivity contribution >= 4 is 11.6 Å². The van der Waals surface area contributed by atoms with Gasteiger partial charge in [-0.05, 0) is 56.8 Å². The minimum atomic E-state index is 0.0630. The van der Waals surface area contributed by atoms with Gasteiger partial charge in [-0.3, -0.25) is 9.69 Å². The van der Waals surface area contributed by atoms with Crippen molar-refractivity contribution in [3.8, 4) is 0 Å². The summed E-state index contributed by atoms with van der Waals surface area (Å²) in [7, 11) is 0. The molecule has 2 aromatic heterocycles. The van der Waals surface area contributed by atoms with E-state index in [1.165, 1.54) is 12.8 Å². The van der Waals surface area contributed by atoms with Gasteiger partial charge in [0.05, 0.1) is 12.3 Å². The number of carbonyl (C=O) groups excluding carboxylic acids is 1. The van der Waals surface area contributed by atoms with Crippen LogP contribution >= 0.6 is 0 Å². The lowest BCUT2D eigenvalue weighted by Crippen LogP contribution is -2.35. The highest BCUT2D eigenvalue weighted by Crippen LogP contribution is 2.24. The van der Waals surface area contributed by atoms with Crippen LogP contribution in [-0.4, -0.2) is 62.5 Å². The van der Waals surface area contributed by atoms with Crippen LogP contribution in [0, 0.1) is 6.92 Å². The van der Waals surface area contributed by atoms with Crippen molar-refractivity contribution < 1.29 is 9.90 Å². The first kappa shape index (κ1) is 18.4. The van der Waals surface area contributed by atoms with Crippen LogP contribution in [-0.2, 0) is 6.54 Å². The monoisotopic (exact) mass is 370 g/mol. The number of rotatable bonds is 4. The summed E-state index contributed by atoms with van der Waals surface area (Å²) in [5.74, 6) is 0.0630. The van der Waals surface area contributed by atoms with Gasteiger partial charge in [0.15, 0.2) is 5.69 Å². The summed E-state index contributed by atoms with van der Waals surface area (Å²) < 4.78 is 2.06. The maximum Gasteiger partial charge on any atom is 0.274 e. The number of aliphatic hydroxyl groups excluding tert-OH is 1. The van der Waals surface area contributed by atoms with Crippen LogP contribution < -0.4 is 0 Å². The van der Waals surface area contributed by atoms with Crippen molar-refractivity contribution in [2.45, 2.75) is 58.0 Å². The molecule has 27 heavy (non-hydrogen) atoms. The van der Waals surface area contributed by atoms with Gasteiger partial charge in [-0.25, -0.2) is 4.98 Å². The number of pyridine rings is 1. The van der Waals surface area contributed by atoms with Crippen LogP contribution in [0.5, 0.6) is 0 Å². The predicted octanol–water partition coefficient (Wildman–Crippen LogP) is 2.62. The Kier molecular flexibility index (Phi) is 5.45. The van der Waals surface area contributed by atoms with Gasteiger partial charge < -0.3 is 14.4 Å². The molecule has 2 saturated heterocycles. The molecule has 146 valence electrons. The van der Waals surface area contributed by atoms with Gasteiger partial charge in [0.25, 0.3) is 5.91 Å². The van der Waals surface area contributed by atoms with Crippen molar-refractivity contribution in [2.24, 2.45) is 0 Å². The van der Waals surface area contributed by atoms with Gasteiger partial charge >= 0.3 is 0 Å². The van der Waals surface area contributed by atoms with Gasteiger partial charge in [-0.15, -0.1) is 0 Å². The maximum absolute atomic E-state index is 13.3. The van der Waals surface area contributed by atoms with Crippen molar-refractivity contribution in [2.75, 3.05) is 26.2 Å². The second kappa shape index (κ2) is 7.98. The highest BCUT2D eigenvalue weighted by Gasteiger charge is 2.29. The summed E-state index contributed by atoms with van der Waals surface area (Å²) in [5.41, 5.74) is 3.52. The molecule has 4 rings (SSSR count). The number of fused-ring (bicyclic) bond motifs is 1. The van der Waals surface area contributed by atoms with E-state index in [1.54, 1.807) is 0 Å². The third-order valence-corrected chi connectivity index (χ3v) is 6.04. The molecule has 0 spiro atoms. The Morgan fingerprint density at radius 3 is 2.70 bits per heavy atom. The molecule has 2 fully saturated rings. The Morgan fingerprint density at radius 2 is 1.96 bits per heavy atom. The van der Waals surface area contributed by atoms with E-state index >= 15 is 0 Å². The number of likely N-dealkylation sites (tertiary alicyclic amines) is 2. The van der Waals surface area contributed by atoms with Crippen LogP contribution in [0.1, 0.15) is 60.3 Å². The number of carbonyl (C=O) groups is 1. The highest BCUT2D eigenvalue weighted by atomic mass is 16.3. The number of imidazole rings is 1. The molecule has 1 atom stereocenters. The molecule has 0 bridgehead atoms. The predicted molar refractivity (Wildman–Crippen MR) is 105 cm³/mol. The second-order valence-electron chi connectivity index (χ2n) is 7.99. The topological polar surface area (TPSA) is 61.1 Å². The molecule has 1 N–H and O–H groups in total. The fourth-order valence-corrected chi connectivity index (χ4v) is 4.45. The van der Waals surface area contributed by atoms with Gasteiger partial charge in [-0.2, -0.15) is 0 Å². The smallest absolute Gasteiger partial charge is 0.274 e. The molecule has 2 aliphatic heterocycles. The molecule has 2 aliphatic rings. The molecule has 0 aliphatic carbocycles. The SMILES string of the molecule is Cc1ccn2c(CN3CCC[C@H]3CO)c(C(=O)N3CCCCCC3)nc2c1.